The third-order valence-corrected chi connectivity index (χ3v) is 3.79. The van der Waals surface area contributed by atoms with Gasteiger partial charge in [-0.2, -0.15) is 4.98 Å². The van der Waals surface area contributed by atoms with E-state index < -0.39 is 17.7 Å². The molecule has 27 heavy (non-hydrogen) atoms. The number of urea groups is 1. The lowest BCUT2D eigenvalue weighted by atomic mass is 9.99. The minimum absolute atomic E-state index is 0.0822. The molecule has 0 unspecified atom stereocenters. The molecule has 1 saturated heterocycles. The van der Waals surface area contributed by atoms with E-state index in [1.807, 2.05) is 0 Å². The van der Waals surface area contributed by atoms with Crippen molar-refractivity contribution in [3.63, 3.8) is 0 Å². The minimum Gasteiger partial charge on any atom is -0.476 e. The van der Waals surface area contributed by atoms with E-state index in [1.54, 1.807) is 30.3 Å². The van der Waals surface area contributed by atoms with Crippen LogP contribution in [-0.4, -0.2) is 41.1 Å². The molecule has 1 atom stereocenters. The molecule has 1 fully saturated rings. The molecule has 0 bridgehead atoms. The van der Waals surface area contributed by atoms with Crippen molar-refractivity contribution in [1.82, 2.24) is 10.3 Å². The molecule has 0 radical (unpaired) electrons. The number of amides is 3. The van der Waals surface area contributed by atoms with Crippen molar-refractivity contribution in [2.24, 2.45) is 17.4 Å². The van der Waals surface area contributed by atoms with Crippen LogP contribution < -0.4 is 22.1 Å². The number of anilines is 1. The Balaban J connectivity index is 0.000000244. The van der Waals surface area contributed by atoms with Gasteiger partial charge in [-0.05, 0) is 31.5 Å². The minimum atomic E-state index is -1.32. The van der Waals surface area contributed by atoms with E-state index in [0.29, 0.717) is 5.56 Å². The van der Waals surface area contributed by atoms with Crippen molar-refractivity contribution in [2.75, 3.05) is 18.4 Å². The van der Waals surface area contributed by atoms with E-state index in [2.05, 4.69) is 15.6 Å². The number of aromatic carboxylic acids is 1. The number of nitrogens with two attached hydrogens (primary N) is 2. The second kappa shape index (κ2) is 9.34. The van der Waals surface area contributed by atoms with Gasteiger partial charge >= 0.3 is 12.0 Å². The first-order chi connectivity index (χ1) is 12.9. The number of nitrogens with zero attached hydrogens (tertiary/aromatic N) is 1. The number of carbonyl (C=O) groups excluding carboxylic acids is 2. The number of primary amides is 2. The molecule has 2 heterocycles. The Morgan fingerprint density at radius 1 is 1.22 bits per heavy atom. The van der Waals surface area contributed by atoms with Crippen LogP contribution in [0, 0.1) is 5.92 Å². The van der Waals surface area contributed by atoms with Gasteiger partial charge in [-0.1, -0.05) is 18.2 Å². The Labute approximate surface area is 154 Å². The van der Waals surface area contributed by atoms with Gasteiger partial charge in [0.1, 0.15) is 0 Å². The van der Waals surface area contributed by atoms with Crippen LogP contribution in [0.5, 0.6) is 0 Å². The van der Waals surface area contributed by atoms with Gasteiger partial charge in [0.05, 0.1) is 5.92 Å². The van der Waals surface area contributed by atoms with E-state index in [1.165, 1.54) is 0 Å². The lowest BCUT2D eigenvalue weighted by Gasteiger charge is -2.18. The summed E-state index contributed by atoms with van der Waals surface area (Å²) in [5.74, 6) is -1.59. The van der Waals surface area contributed by atoms with Crippen LogP contribution in [0.25, 0.3) is 11.5 Å². The molecule has 10 nitrogen and oxygen atoms in total. The third kappa shape index (κ3) is 5.82. The topological polar surface area (TPSA) is 174 Å². The number of carboxylic acid groups (broad SMARTS) is 1. The highest BCUT2D eigenvalue weighted by molar-refractivity contribution is 5.96. The maximum Gasteiger partial charge on any atom is 0.360 e. The molecule has 0 spiro atoms. The quantitative estimate of drug-likeness (QED) is 0.530. The van der Waals surface area contributed by atoms with E-state index in [0.717, 1.165) is 25.9 Å². The highest BCUT2D eigenvalue weighted by Crippen LogP contribution is 2.25. The predicted molar refractivity (Wildman–Crippen MR) is 96.9 cm³/mol. The number of piperidine rings is 1. The molecule has 1 aliphatic rings. The number of nitrogens with one attached hydrogen (secondary N) is 2. The van der Waals surface area contributed by atoms with Crippen molar-refractivity contribution in [2.45, 2.75) is 12.8 Å². The zero-order valence-electron chi connectivity index (χ0n) is 14.5. The molecule has 1 aromatic carbocycles. The van der Waals surface area contributed by atoms with Gasteiger partial charge in [-0.25, -0.2) is 9.59 Å². The average molecular weight is 375 g/mol. The second-order valence-electron chi connectivity index (χ2n) is 5.80. The van der Waals surface area contributed by atoms with E-state index in [-0.39, 0.29) is 23.6 Å². The number of aromatic nitrogens is 1. The molecule has 0 aliphatic carbocycles. The number of hydrogen-bond donors (Lipinski definition) is 5. The summed E-state index contributed by atoms with van der Waals surface area (Å²) in [6.07, 6.45) is 2.04. The van der Waals surface area contributed by atoms with Crippen LogP contribution in [0.1, 0.15) is 23.3 Å². The number of oxazole rings is 1. The Hall–Kier alpha value is -3.40. The highest BCUT2D eigenvalue weighted by Gasteiger charge is 2.21. The fourth-order valence-electron chi connectivity index (χ4n) is 2.46. The summed E-state index contributed by atoms with van der Waals surface area (Å²) in [4.78, 5) is 36.0. The molecule has 1 aromatic heterocycles. The summed E-state index contributed by atoms with van der Waals surface area (Å²) >= 11 is 0. The first-order valence-corrected chi connectivity index (χ1v) is 8.24. The van der Waals surface area contributed by atoms with Gasteiger partial charge in [0.25, 0.3) is 0 Å². The standard InChI is InChI=1S/C11H9N3O4.C6H12N2O/c12-11(17)14-9-7(10(15)16)13-8(18-9)6-4-2-1-3-5-6;7-6(9)5-2-1-3-8-4-5/h1-5H,(H,15,16)(H3,12,14,17);5,8H,1-4H2,(H2,7,9)/t;5-/m.0/s1. The molecule has 7 N–H and O–H groups in total. The monoisotopic (exact) mass is 375 g/mol. The fraction of sp³-hybridized carbons (Fsp3) is 0.294. The Kier molecular flexibility index (Phi) is 6.89. The number of benzene rings is 1. The Bertz CT molecular complexity index is 799. The van der Waals surface area contributed by atoms with Gasteiger partial charge in [0.15, 0.2) is 0 Å². The third-order valence-electron chi connectivity index (χ3n) is 3.79. The van der Waals surface area contributed by atoms with Crippen molar-refractivity contribution in [3.05, 3.63) is 36.0 Å². The summed E-state index contributed by atoms with van der Waals surface area (Å²) in [6.45, 7) is 1.80. The van der Waals surface area contributed by atoms with Crippen molar-refractivity contribution < 1.29 is 23.9 Å². The molecular formula is C17H21N5O5. The van der Waals surface area contributed by atoms with Crippen LogP contribution in [0.15, 0.2) is 34.7 Å². The zero-order valence-corrected chi connectivity index (χ0v) is 14.5. The molecule has 3 amide bonds. The van der Waals surface area contributed by atoms with Crippen LogP contribution in [0.3, 0.4) is 0 Å². The van der Waals surface area contributed by atoms with Crippen LogP contribution in [0.2, 0.25) is 0 Å². The van der Waals surface area contributed by atoms with Gasteiger partial charge in [0.2, 0.25) is 23.4 Å². The van der Waals surface area contributed by atoms with E-state index in [4.69, 9.17) is 21.0 Å². The van der Waals surface area contributed by atoms with Gasteiger partial charge in [-0.3, -0.25) is 10.1 Å². The zero-order chi connectivity index (χ0) is 19.8. The van der Waals surface area contributed by atoms with Crippen molar-refractivity contribution in [3.8, 4) is 11.5 Å². The first kappa shape index (κ1) is 19.9. The lowest BCUT2D eigenvalue weighted by molar-refractivity contribution is -0.122. The largest absolute Gasteiger partial charge is 0.476 e. The molecular weight excluding hydrogens is 354 g/mol. The molecule has 144 valence electrons. The summed E-state index contributed by atoms with van der Waals surface area (Å²) in [5, 5.41) is 14.1. The molecule has 1 aliphatic heterocycles. The van der Waals surface area contributed by atoms with Gasteiger partial charge in [-0.15, -0.1) is 0 Å². The maximum absolute atomic E-state index is 10.9. The summed E-state index contributed by atoms with van der Waals surface area (Å²) in [5.41, 5.74) is 10.2. The van der Waals surface area contributed by atoms with Crippen molar-refractivity contribution >= 4 is 23.8 Å². The van der Waals surface area contributed by atoms with Crippen molar-refractivity contribution in [1.29, 1.82) is 0 Å². The number of carbonyl (C=O) groups is 3. The Morgan fingerprint density at radius 2 is 1.93 bits per heavy atom. The van der Waals surface area contributed by atoms with Crippen LogP contribution in [-0.2, 0) is 4.79 Å². The van der Waals surface area contributed by atoms with E-state index >= 15 is 0 Å². The first-order valence-electron chi connectivity index (χ1n) is 8.24. The van der Waals surface area contributed by atoms with Crippen LogP contribution in [0.4, 0.5) is 10.7 Å². The highest BCUT2D eigenvalue weighted by atomic mass is 16.4. The number of hydrogen-bond acceptors (Lipinski definition) is 6. The fourth-order valence-corrected chi connectivity index (χ4v) is 2.46. The predicted octanol–water partition coefficient (Wildman–Crippen LogP) is 1.00. The average Bonchev–Trinajstić information content (AvgIpc) is 3.07. The smallest absolute Gasteiger partial charge is 0.360 e. The molecule has 0 saturated carbocycles. The number of rotatable bonds is 4. The second-order valence-corrected chi connectivity index (χ2v) is 5.80. The molecule has 3 rings (SSSR count). The SMILES string of the molecule is NC(=O)Nc1oc(-c2ccccc2)nc1C(=O)O.NC(=O)[C@H]1CCCNC1. The molecule has 2 aromatic rings. The summed E-state index contributed by atoms with van der Waals surface area (Å²) in [7, 11) is 0. The lowest BCUT2D eigenvalue weighted by Crippen LogP contribution is -2.37. The maximum atomic E-state index is 10.9. The number of carboxylic acids is 1. The normalized spacial score (nSPS) is 15.9. The van der Waals surface area contributed by atoms with Gasteiger partial charge < -0.3 is 26.3 Å². The Morgan fingerprint density at radius 3 is 2.41 bits per heavy atom. The van der Waals surface area contributed by atoms with E-state index in [9.17, 15) is 14.4 Å². The summed E-state index contributed by atoms with van der Waals surface area (Å²) < 4.78 is 5.17. The molecule has 10 heteroatoms. The van der Waals surface area contributed by atoms with Crippen LogP contribution >= 0.6 is 0 Å². The summed E-state index contributed by atoms with van der Waals surface area (Å²) in [6, 6.07) is 7.78. The van der Waals surface area contributed by atoms with Gasteiger partial charge in [0, 0.05) is 12.1 Å².